The highest BCUT2D eigenvalue weighted by molar-refractivity contribution is 6.66. The lowest BCUT2D eigenvalue weighted by molar-refractivity contribution is 0.00578. The van der Waals surface area contributed by atoms with Crippen molar-refractivity contribution in [3.05, 3.63) is 85.2 Å². The van der Waals surface area contributed by atoms with E-state index in [1.807, 2.05) is 18.5 Å². The molecule has 1 aliphatic rings. The summed E-state index contributed by atoms with van der Waals surface area (Å²) < 4.78 is 13.0. The van der Waals surface area contributed by atoms with Gasteiger partial charge >= 0.3 is 7.12 Å². The molecule has 1 aromatic heterocycles. The molecule has 0 spiro atoms. The fourth-order valence-corrected chi connectivity index (χ4v) is 4.91. The quantitative estimate of drug-likeness (QED) is 0.236. The van der Waals surface area contributed by atoms with Gasteiger partial charge in [-0.25, -0.2) is 0 Å². The van der Waals surface area contributed by atoms with E-state index >= 15 is 0 Å². The first-order valence-corrected chi connectivity index (χ1v) is 11.5. The number of aromatic nitrogens is 1. The lowest BCUT2D eigenvalue weighted by Crippen LogP contribution is -2.41. The second-order valence-corrected chi connectivity index (χ2v) is 9.91. The Labute approximate surface area is 194 Å². The Bertz CT molecular complexity index is 1510. The second kappa shape index (κ2) is 7.15. The first-order chi connectivity index (χ1) is 15.9. The number of fused-ring (bicyclic) bond motifs is 5. The van der Waals surface area contributed by atoms with Gasteiger partial charge in [0.1, 0.15) is 0 Å². The number of nitrogens with zero attached hydrogens (tertiary/aromatic N) is 1. The predicted octanol–water partition coefficient (Wildman–Crippen LogP) is 6.51. The summed E-state index contributed by atoms with van der Waals surface area (Å²) in [5, 5.41) is 7.24. The highest BCUT2D eigenvalue weighted by atomic mass is 16.7. The van der Waals surface area contributed by atoms with Crippen LogP contribution in [-0.2, 0) is 9.31 Å². The Morgan fingerprint density at radius 3 is 1.85 bits per heavy atom. The zero-order valence-electron chi connectivity index (χ0n) is 19.4. The smallest absolute Gasteiger partial charge is 0.399 e. The van der Waals surface area contributed by atoms with Crippen molar-refractivity contribution in [1.82, 2.24) is 4.98 Å². The van der Waals surface area contributed by atoms with Crippen molar-refractivity contribution in [2.24, 2.45) is 0 Å². The minimum absolute atomic E-state index is 0.389. The molecule has 5 aromatic rings. The molecule has 33 heavy (non-hydrogen) atoms. The van der Waals surface area contributed by atoms with Crippen LogP contribution in [0.25, 0.3) is 43.4 Å². The third kappa shape index (κ3) is 3.09. The molecule has 0 aliphatic carbocycles. The molecular weight excluding hydrogens is 405 g/mol. The van der Waals surface area contributed by atoms with Crippen LogP contribution in [0.5, 0.6) is 0 Å². The van der Waals surface area contributed by atoms with Crippen LogP contribution in [-0.4, -0.2) is 23.3 Å². The molecule has 0 amide bonds. The average Bonchev–Trinajstić information content (AvgIpc) is 3.05. The Kier molecular flexibility index (Phi) is 4.42. The van der Waals surface area contributed by atoms with Gasteiger partial charge in [0.2, 0.25) is 0 Å². The normalized spacial score (nSPS) is 17.3. The van der Waals surface area contributed by atoms with E-state index in [1.54, 1.807) is 0 Å². The molecule has 2 heterocycles. The van der Waals surface area contributed by atoms with E-state index in [0.717, 1.165) is 16.4 Å². The highest BCUT2D eigenvalue weighted by Gasteiger charge is 2.52. The zero-order valence-corrected chi connectivity index (χ0v) is 19.4. The molecule has 4 heteroatoms. The molecular formula is C29H26BNO2. The predicted molar refractivity (Wildman–Crippen MR) is 138 cm³/mol. The first-order valence-electron chi connectivity index (χ1n) is 11.5. The molecule has 4 aromatic carbocycles. The van der Waals surface area contributed by atoms with E-state index in [-0.39, 0.29) is 11.2 Å². The molecule has 3 nitrogen and oxygen atoms in total. The number of pyridine rings is 1. The summed E-state index contributed by atoms with van der Waals surface area (Å²) in [6.45, 7) is 8.41. The van der Waals surface area contributed by atoms with Crippen LogP contribution in [0.15, 0.2) is 85.2 Å². The van der Waals surface area contributed by atoms with Crippen molar-refractivity contribution in [2.45, 2.75) is 38.9 Å². The van der Waals surface area contributed by atoms with Crippen LogP contribution in [0.4, 0.5) is 0 Å². The van der Waals surface area contributed by atoms with Gasteiger partial charge in [-0.3, -0.25) is 4.98 Å². The molecule has 0 radical (unpaired) electrons. The van der Waals surface area contributed by atoms with E-state index in [0.29, 0.717) is 0 Å². The summed E-state index contributed by atoms with van der Waals surface area (Å²) in [6, 6.07) is 25.9. The maximum atomic E-state index is 6.48. The molecule has 1 saturated heterocycles. The van der Waals surface area contributed by atoms with E-state index in [9.17, 15) is 0 Å². The standard InChI is InChI=1S/C29H26BNO2/c1-28(2)29(3,4)33-30(32-28)27-17-26-21-12-6-5-11-20(21)24(19-10-9-15-31-18-19)16-25(26)22-13-7-8-14-23(22)27/h5-18H,1-4H3. The maximum absolute atomic E-state index is 6.48. The summed E-state index contributed by atoms with van der Waals surface area (Å²) in [6.07, 6.45) is 3.76. The summed E-state index contributed by atoms with van der Waals surface area (Å²) in [5.41, 5.74) is 2.62. The van der Waals surface area contributed by atoms with Crippen LogP contribution in [0.2, 0.25) is 0 Å². The van der Waals surface area contributed by atoms with Crippen LogP contribution < -0.4 is 5.46 Å². The monoisotopic (exact) mass is 431 g/mol. The topological polar surface area (TPSA) is 31.4 Å². The largest absolute Gasteiger partial charge is 0.495 e. The minimum atomic E-state index is -0.416. The van der Waals surface area contributed by atoms with Gasteiger partial charge < -0.3 is 9.31 Å². The Morgan fingerprint density at radius 1 is 0.636 bits per heavy atom. The average molecular weight is 431 g/mol. The van der Waals surface area contributed by atoms with Gasteiger partial charge in [-0.05, 0) is 83.2 Å². The first kappa shape index (κ1) is 20.4. The molecule has 1 aliphatic heterocycles. The van der Waals surface area contributed by atoms with Crippen molar-refractivity contribution < 1.29 is 9.31 Å². The molecule has 6 rings (SSSR count). The van der Waals surface area contributed by atoms with Crippen molar-refractivity contribution in [3.8, 4) is 11.1 Å². The van der Waals surface area contributed by atoms with E-state index in [2.05, 4.69) is 99.4 Å². The molecule has 0 bridgehead atoms. The van der Waals surface area contributed by atoms with Crippen molar-refractivity contribution in [3.63, 3.8) is 0 Å². The molecule has 1 fully saturated rings. The highest BCUT2D eigenvalue weighted by Crippen LogP contribution is 2.40. The van der Waals surface area contributed by atoms with Gasteiger partial charge in [0.05, 0.1) is 11.2 Å². The lowest BCUT2D eigenvalue weighted by Gasteiger charge is -2.32. The molecule has 162 valence electrons. The van der Waals surface area contributed by atoms with E-state index in [4.69, 9.17) is 9.31 Å². The fraction of sp³-hybridized carbons (Fsp3) is 0.207. The number of benzene rings is 4. The Hall–Kier alpha value is -3.21. The van der Waals surface area contributed by atoms with Gasteiger partial charge in [-0.2, -0.15) is 0 Å². The number of rotatable bonds is 2. The van der Waals surface area contributed by atoms with Crippen LogP contribution in [0.1, 0.15) is 27.7 Å². The third-order valence-corrected chi connectivity index (χ3v) is 7.39. The number of hydrogen-bond acceptors (Lipinski definition) is 3. The summed E-state index contributed by atoms with van der Waals surface area (Å²) in [4.78, 5) is 4.37. The van der Waals surface area contributed by atoms with Gasteiger partial charge in [-0.1, -0.05) is 60.7 Å². The van der Waals surface area contributed by atoms with Gasteiger partial charge in [0.15, 0.2) is 0 Å². The minimum Gasteiger partial charge on any atom is -0.399 e. The molecule has 0 saturated carbocycles. The van der Waals surface area contributed by atoms with Gasteiger partial charge in [0.25, 0.3) is 0 Å². The van der Waals surface area contributed by atoms with Crippen molar-refractivity contribution in [1.29, 1.82) is 0 Å². The molecule has 0 unspecified atom stereocenters. The summed E-state index contributed by atoms with van der Waals surface area (Å²) >= 11 is 0. The van der Waals surface area contributed by atoms with Gasteiger partial charge in [-0.15, -0.1) is 0 Å². The fourth-order valence-electron chi connectivity index (χ4n) is 4.91. The summed E-state index contributed by atoms with van der Waals surface area (Å²) in [5.74, 6) is 0. The molecule has 0 N–H and O–H groups in total. The van der Waals surface area contributed by atoms with Crippen molar-refractivity contribution in [2.75, 3.05) is 0 Å². The van der Waals surface area contributed by atoms with Crippen LogP contribution >= 0.6 is 0 Å². The molecule has 0 atom stereocenters. The Balaban J connectivity index is 1.70. The van der Waals surface area contributed by atoms with Gasteiger partial charge in [0, 0.05) is 18.0 Å². The third-order valence-electron chi connectivity index (χ3n) is 7.39. The summed E-state index contributed by atoms with van der Waals surface area (Å²) in [7, 11) is -0.416. The number of hydrogen-bond donors (Lipinski definition) is 0. The van der Waals surface area contributed by atoms with Crippen LogP contribution in [0, 0.1) is 0 Å². The van der Waals surface area contributed by atoms with E-state index < -0.39 is 7.12 Å². The van der Waals surface area contributed by atoms with Crippen LogP contribution in [0.3, 0.4) is 0 Å². The lowest BCUT2D eigenvalue weighted by atomic mass is 9.74. The Morgan fingerprint density at radius 2 is 1.21 bits per heavy atom. The van der Waals surface area contributed by atoms with Crippen molar-refractivity contribution >= 4 is 44.9 Å². The zero-order chi connectivity index (χ0) is 22.8. The van der Waals surface area contributed by atoms with E-state index in [1.165, 1.54) is 32.5 Å². The maximum Gasteiger partial charge on any atom is 0.495 e. The SMILES string of the molecule is CC1(C)OB(c2cc3c4ccccc4c(-c4cccnc4)cc3c3ccccc23)OC1(C)C. The second-order valence-electron chi connectivity index (χ2n) is 9.91.